The second kappa shape index (κ2) is 8.60. The standard InChI is InChI=1S/C18H20ClN5O2S/c1-11-8-13(24-26-11)10-27(25)7-6-21-17-9-16(22-18(20)23-17)14-4-3-5-15(19)12(14)2/h3-5,8-9H,6-7,10H2,1-2H3,(H3,20,21,22,23). The third kappa shape index (κ3) is 5.12. The van der Waals surface area contributed by atoms with E-state index >= 15 is 0 Å². The number of nitrogens with one attached hydrogen (secondary N) is 1. The molecule has 27 heavy (non-hydrogen) atoms. The van der Waals surface area contributed by atoms with Gasteiger partial charge in [0.15, 0.2) is 5.75 Å². The average Bonchev–Trinajstić information content (AvgIpc) is 3.01. The summed E-state index contributed by atoms with van der Waals surface area (Å²) in [6.07, 6.45) is 0. The lowest BCUT2D eigenvalue weighted by molar-refractivity contribution is 0.392. The van der Waals surface area contributed by atoms with E-state index in [0.717, 1.165) is 11.1 Å². The van der Waals surface area contributed by atoms with Crippen LogP contribution >= 0.6 is 11.6 Å². The van der Waals surface area contributed by atoms with Gasteiger partial charge < -0.3 is 20.1 Å². The van der Waals surface area contributed by atoms with E-state index < -0.39 is 11.2 Å². The number of hydrogen-bond acceptors (Lipinski definition) is 7. The van der Waals surface area contributed by atoms with E-state index in [2.05, 4.69) is 20.4 Å². The molecule has 0 aliphatic carbocycles. The molecule has 1 unspecified atom stereocenters. The molecular weight excluding hydrogens is 386 g/mol. The van der Waals surface area contributed by atoms with Gasteiger partial charge in [-0.3, -0.25) is 0 Å². The Labute approximate surface area is 165 Å². The van der Waals surface area contributed by atoms with Crippen LogP contribution in [-0.2, 0) is 16.9 Å². The smallest absolute Gasteiger partial charge is 0.222 e. The molecule has 3 aromatic rings. The molecule has 0 amide bonds. The van der Waals surface area contributed by atoms with E-state index in [0.29, 0.717) is 46.0 Å². The van der Waals surface area contributed by atoms with E-state index in [1.807, 2.05) is 25.1 Å². The second-order valence-electron chi connectivity index (χ2n) is 6.05. The lowest BCUT2D eigenvalue weighted by Crippen LogP contribution is -2.18. The molecule has 3 N–H and O–H groups in total. The van der Waals surface area contributed by atoms with Gasteiger partial charge in [0.05, 0.1) is 12.2 Å². The summed E-state index contributed by atoms with van der Waals surface area (Å²) in [7, 11) is 0. The predicted molar refractivity (Wildman–Crippen MR) is 108 cm³/mol. The number of nitrogens with zero attached hydrogens (tertiary/aromatic N) is 3. The van der Waals surface area contributed by atoms with Gasteiger partial charge in [0.2, 0.25) is 5.95 Å². The summed E-state index contributed by atoms with van der Waals surface area (Å²) in [6.45, 7) is 4.21. The van der Waals surface area contributed by atoms with Crippen molar-refractivity contribution in [3.05, 3.63) is 52.4 Å². The van der Waals surface area contributed by atoms with Crippen molar-refractivity contribution < 1.29 is 9.08 Å². The minimum atomic E-state index is -1.06. The van der Waals surface area contributed by atoms with Crippen molar-refractivity contribution in [3.8, 4) is 11.3 Å². The van der Waals surface area contributed by atoms with Gasteiger partial charge in [0.1, 0.15) is 23.0 Å². The number of benzene rings is 1. The highest BCUT2D eigenvalue weighted by Gasteiger charge is 2.13. The summed E-state index contributed by atoms with van der Waals surface area (Å²) in [5.74, 6) is 2.25. The van der Waals surface area contributed by atoms with Gasteiger partial charge in [-0.25, -0.2) is 4.98 Å². The lowest BCUT2D eigenvalue weighted by atomic mass is 10.1. The van der Waals surface area contributed by atoms with Crippen molar-refractivity contribution in [2.45, 2.75) is 19.6 Å². The molecule has 0 aliphatic rings. The Balaban J connectivity index is 1.63. The summed E-state index contributed by atoms with van der Waals surface area (Å²) < 4.78 is 17.2. The van der Waals surface area contributed by atoms with Crippen LogP contribution in [0.15, 0.2) is 34.9 Å². The van der Waals surface area contributed by atoms with E-state index in [9.17, 15) is 4.55 Å². The number of anilines is 2. The molecule has 0 saturated heterocycles. The van der Waals surface area contributed by atoms with Crippen molar-refractivity contribution in [2.75, 3.05) is 23.3 Å². The monoisotopic (exact) mass is 405 g/mol. The average molecular weight is 406 g/mol. The Morgan fingerprint density at radius 1 is 1.26 bits per heavy atom. The van der Waals surface area contributed by atoms with Crippen LogP contribution in [0.25, 0.3) is 11.3 Å². The predicted octanol–water partition coefficient (Wildman–Crippen LogP) is 3.34. The quantitative estimate of drug-likeness (QED) is 0.579. The Morgan fingerprint density at radius 3 is 2.81 bits per heavy atom. The van der Waals surface area contributed by atoms with E-state index in [4.69, 9.17) is 21.9 Å². The summed E-state index contributed by atoms with van der Waals surface area (Å²) in [5, 5.41) is 7.67. The van der Waals surface area contributed by atoms with Gasteiger partial charge in [-0.05, 0) is 36.7 Å². The van der Waals surface area contributed by atoms with Gasteiger partial charge in [-0.1, -0.05) is 28.9 Å². The van der Waals surface area contributed by atoms with Crippen LogP contribution in [0, 0.1) is 13.8 Å². The minimum Gasteiger partial charge on any atom is -0.616 e. The molecule has 0 bridgehead atoms. The van der Waals surface area contributed by atoms with Crippen LogP contribution in [0.3, 0.4) is 0 Å². The number of halogens is 1. The van der Waals surface area contributed by atoms with Crippen LogP contribution in [0.2, 0.25) is 5.02 Å². The molecule has 7 nitrogen and oxygen atoms in total. The minimum absolute atomic E-state index is 0.161. The van der Waals surface area contributed by atoms with Crippen LogP contribution in [0.1, 0.15) is 17.0 Å². The van der Waals surface area contributed by atoms with Crippen molar-refractivity contribution in [1.82, 2.24) is 15.1 Å². The Hall–Kier alpha value is -2.29. The van der Waals surface area contributed by atoms with Gasteiger partial charge in [0, 0.05) is 22.7 Å². The molecule has 0 saturated carbocycles. The maximum atomic E-state index is 12.2. The third-order valence-electron chi connectivity index (χ3n) is 3.91. The van der Waals surface area contributed by atoms with E-state index in [1.165, 1.54) is 0 Å². The van der Waals surface area contributed by atoms with Gasteiger partial charge in [-0.2, -0.15) is 4.98 Å². The first-order chi connectivity index (χ1) is 12.9. The molecule has 142 valence electrons. The molecule has 3 rings (SSSR count). The molecule has 9 heteroatoms. The zero-order valence-corrected chi connectivity index (χ0v) is 16.6. The molecule has 1 atom stereocenters. The molecule has 1 aromatic carbocycles. The fraction of sp³-hybridized carbons (Fsp3) is 0.278. The molecule has 0 spiro atoms. The van der Waals surface area contributed by atoms with Crippen molar-refractivity contribution in [1.29, 1.82) is 0 Å². The van der Waals surface area contributed by atoms with Gasteiger partial charge in [-0.15, -0.1) is 0 Å². The molecule has 2 aromatic heterocycles. The van der Waals surface area contributed by atoms with Crippen molar-refractivity contribution in [3.63, 3.8) is 0 Å². The number of aromatic nitrogens is 3. The van der Waals surface area contributed by atoms with Crippen molar-refractivity contribution >= 4 is 34.5 Å². The molecule has 2 heterocycles. The first kappa shape index (κ1) is 19.5. The van der Waals surface area contributed by atoms with Crippen LogP contribution in [0.4, 0.5) is 11.8 Å². The first-order valence-electron chi connectivity index (χ1n) is 8.33. The maximum Gasteiger partial charge on any atom is 0.222 e. The van der Waals surface area contributed by atoms with Crippen LogP contribution < -0.4 is 11.1 Å². The fourth-order valence-corrected chi connectivity index (χ4v) is 3.71. The van der Waals surface area contributed by atoms with E-state index in [1.54, 1.807) is 19.1 Å². The zero-order valence-electron chi connectivity index (χ0n) is 15.0. The summed E-state index contributed by atoms with van der Waals surface area (Å²) in [6, 6.07) is 9.22. The number of rotatable bonds is 7. The third-order valence-corrected chi connectivity index (χ3v) is 5.60. The molecule has 0 fully saturated rings. The largest absolute Gasteiger partial charge is 0.616 e. The summed E-state index contributed by atoms with van der Waals surface area (Å²) in [4.78, 5) is 8.49. The second-order valence-corrected chi connectivity index (χ2v) is 8.04. The molecular formula is C18H20ClN5O2S. The fourth-order valence-electron chi connectivity index (χ4n) is 2.60. The zero-order chi connectivity index (χ0) is 19.4. The van der Waals surface area contributed by atoms with Gasteiger partial charge >= 0.3 is 0 Å². The van der Waals surface area contributed by atoms with E-state index in [-0.39, 0.29) is 5.95 Å². The molecule has 0 radical (unpaired) electrons. The highest BCUT2D eigenvalue weighted by molar-refractivity contribution is 7.90. The number of hydrogen-bond donors (Lipinski definition) is 2. The van der Waals surface area contributed by atoms with Crippen molar-refractivity contribution in [2.24, 2.45) is 0 Å². The summed E-state index contributed by atoms with van der Waals surface area (Å²) in [5.41, 5.74) is 9.04. The summed E-state index contributed by atoms with van der Waals surface area (Å²) >= 11 is 5.13. The van der Waals surface area contributed by atoms with Crippen LogP contribution in [-0.4, -0.2) is 32.0 Å². The van der Waals surface area contributed by atoms with Crippen LogP contribution in [0.5, 0.6) is 0 Å². The van der Waals surface area contributed by atoms with Gasteiger partial charge in [0.25, 0.3) is 0 Å². The number of nitrogen functional groups attached to an aromatic ring is 1. The highest BCUT2D eigenvalue weighted by atomic mass is 35.5. The Kier molecular flexibility index (Phi) is 6.20. The number of nitrogens with two attached hydrogens (primary N) is 1. The molecule has 0 aliphatic heterocycles. The maximum absolute atomic E-state index is 12.2. The highest BCUT2D eigenvalue weighted by Crippen LogP contribution is 2.28. The number of aryl methyl sites for hydroxylation is 1. The topological polar surface area (TPSA) is 113 Å². The first-order valence-corrected chi connectivity index (χ1v) is 10.2. The SMILES string of the molecule is Cc1cc(C[S+]([O-])CCNc2cc(-c3cccc(Cl)c3C)nc(N)n2)no1. The Morgan fingerprint density at radius 2 is 2.07 bits per heavy atom. The Bertz CT molecular complexity index is 934. The lowest BCUT2D eigenvalue weighted by Gasteiger charge is -2.12. The normalized spacial score (nSPS) is 12.1.